The maximum Gasteiger partial charge on any atom is 0.177 e. The largest absolute Gasteiger partial charge is 0.395 e. The lowest BCUT2D eigenvalue weighted by Crippen LogP contribution is -2.31. The molecule has 2 aromatic heterocycles. The number of aliphatic hydroxyl groups is 1. The van der Waals surface area contributed by atoms with Crippen LogP contribution in [0.5, 0.6) is 0 Å². The van der Waals surface area contributed by atoms with E-state index in [4.69, 9.17) is 4.52 Å². The second-order valence-corrected chi connectivity index (χ2v) is 5.56. The zero-order chi connectivity index (χ0) is 12.4. The molecule has 1 N–H and O–H groups in total. The fourth-order valence-electron chi connectivity index (χ4n) is 2.44. The van der Waals surface area contributed by atoms with Gasteiger partial charge in [0.05, 0.1) is 17.2 Å². The molecule has 2 aromatic rings. The second kappa shape index (κ2) is 5.22. The predicted molar refractivity (Wildman–Crippen MR) is 70.3 cm³/mol. The molecule has 0 aromatic carbocycles. The minimum Gasteiger partial charge on any atom is -0.395 e. The quantitative estimate of drug-likeness (QED) is 0.921. The van der Waals surface area contributed by atoms with Gasteiger partial charge in [-0.05, 0) is 30.8 Å². The Hall–Kier alpha value is -1.17. The van der Waals surface area contributed by atoms with Crippen LogP contribution < -0.4 is 0 Å². The molecule has 18 heavy (non-hydrogen) atoms. The van der Waals surface area contributed by atoms with E-state index in [1.165, 1.54) is 0 Å². The molecule has 0 bridgehead atoms. The monoisotopic (exact) mass is 264 g/mol. The number of likely N-dealkylation sites (tertiary alicyclic amines) is 1. The van der Waals surface area contributed by atoms with Crippen LogP contribution in [0.1, 0.15) is 18.5 Å². The fraction of sp³-hybridized carbons (Fsp3) is 0.462. The second-order valence-electron chi connectivity index (χ2n) is 4.61. The summed E-state index contributed by atoms with van der Waals surface area (Å²) in [7, 11) is 0. The third-order valence-electron chi connectivity index (χ3n) is 3.40. The summed E-state index contributed by atoms with van der Waals surface area (Å²) in [4.78, 5) is 3.38. The third kappa shape index (κ3) is 2.34. The van der Waals surface area contributed by atoms with Crippen LogP contribution in [0.3, 0.4) is 0 Å². The van der Waals surface area contributed by atoms with E-state index >= 15 is 0 Å². The van der Waals surface area contributed by atoms with E-state index in [2.05, 4.69) is 10.1 Å². The molecule has 0 aliphatic carbocycles. The van der Waals surface area contributed by atoms with Crippen LogP contribution in [0.15, 0.2) is 28.1 Å². The van der Waals surface area contributed by atoms with E-state index < -0.39 is 0 Å². The summed E-state index contributed by atoms with van der Waals surface area (Å²) in [6.45, 7) is 2.03. The van der Waals surface area contributed by atoms with Crippen molar-refractivity contribution in [2.75, 3.05) is 13.2 Å². The summed E-state index contributed by atoms with van der Waals surface area (Å²) >= 11 is 1.65. The number of aliphatic hydroxyl groups excluding tert-OH is 1. The highest BCUT2D eigenvalue weighted by atomic mass is 32.1. The van der Waals surface area contributed by atoms with Crippen LogP contribution >= 0.6 is 11.3 Å². The van der Waals surface area contributed by atoms with Gasteiger partial charge in [-0.2, -0.15) is 0 Å². The van der Waals surface area contributed by atoms with Crippen LogP contribution in [0.2, 0.25) is 0 Å². The fourth-order valence-corrected chi connectivity index (χ4v) is 3.11. The van der Waals surface area contributed by atoms with E-state index in [0.29, 0.717) is 0 Å². The Morgan fingerprint density at radius 3 is 3.28 bits per heavy atom. The Bertz CT molecular complexity index is 495. The Labute approximate surface area is 110 Å². The summed E-state index contributed by atoms with van der Waals surface area (Å²) in [6, 6.07) is 6.32. The zero-order valence-electron chi connectivity index (χ0n) is 10.1. The first kappa shape index (κ1) is 11.9. The van der Waals surface area contributed by atoms with Gasteiger partial charge in [0, 0.05) is 18.7 Å². The molecule has 1 unspecified atom stereocenters. The normalized spacial score (nSPS) is 20.6. The lowest BCUT2D eigenvalue weighted by molar-refractivity contribution is 0.151. The molecule has 4 nitrogen and oxygen atoms in total. The van der Waals surface area contributed by atoms with Gasteiger partial charge in [-0.25, -0.2) is 0 Å². The van der Waals surface area contributed by atoms with E-state index in [0.717, 1.165) is 42.3 Å². The first-order valence-electron chi connectivity index (χ1n) is 6.21. The highest BCUT2D eigenvalue weighted by molar-refractivity contribution is 7.13. The van der Waals surface area contributed by atoms with Gasteiger partial charge in [0.15, 0.2) is 5.76 Å². The summed E-state index contributed by atoms with van der Waals surface area (Å²) in [5.41, 5.74) is 0.943. The predicted octanol–water partition coefficient (Wildman–Crippen LogP) is 2.36. The van der Waals surface area contributed by atoms with Gasteiger partial charge in [0.25, 0.3) is 0 Å². The van der Waals surface area contributed by atoms with Gasteiger partial charge in [0.2, 0.25) is 0 Å². The van der Waals surface area contributed by atoms with E-state index in [1.54, 1.807) is 11.3 Å². The first-order chi connectivity index (χ1) is 8.86. The van der Waals surface area contributed by atoms with Crippen molar-refractivity contribution in [3.05, 3.63) is 29.3 Å². The molecular formula is C13H16N2O2S. The van der Waals surface area contributed by atoms with Crippen molar-refractivity contribution >= 4 is 11.3 Å². The Morgan fingerprint density at radius 1 is 1.56 bits per heavy atom. The van der Waals surface area contributed by atoms with Crippen molar-refractivity contribution in [1.82, 2.24) is 10.1 Å². The SMILES string of the molecule is OCC1CCCN1Cc1cc(-c2cccs2)on1. The van der Waals surface area contributed by atoms with Crippen LogP contribution in [-0.4, -0.2) is 34.4 Å². The molecule has 0 radical (unpaired) electrons. The summed E-state index contributed by atoms with van der Waals surface area (Å²) in [5, 5.41) is 15.4. The molecule has 1 aliphatic rings. The van der Waals surface area contributed by atoms with Crippen molar-refractivity contribution in [2.24, 2.45) is 0 Å². The standard InChI is InChI=1S/C13H16N2O2S/c16-9-11-3-1-5-15(11)8-10-7-12(17-14-10)13-4-2-6-18-13/h2,4,6-7,11,16H,1,3,5,8-9H2. The molecule has 3 heterocycles. The summed E-state index contributed by atoms with van der Waals surface area (Å²) in [5.74, 6) is 0.833. The van der Waals surface area contributed by atoms with E-state index in [9.17, 15) is 5.11 Å². The first-order valence-corrected chi connectivity index (χ1v) is 7.09. The highest BCUT2D eigenvalue weighted by Crippen LogP contribution is 2.26. The van der Waals surface area contributed by atoms with Crippen molar-refractivity contribution in [3.8, 4) is 10.6 Å². The van der Waals surface area contributed by atoms with Crippen molar-refractivity contribution in [2.45, 2.75) is 25.4 Å². The van der Waals surface area contributed by atoms with Gasteiger partial charge < -0.3 is 9.63 Å². The Kier molecular flexibility index (Phi) is 3.45. The highest BCUT2D eigenvalue weighted by Gasteiger charge is 2.24. The van der Waals surface area contributed by atoms with Gasteiger partial charge >= 0.3 is 0 Å². The van der Waals surface area contributed by atoms with Crippen LogP contribution in [0, 0.1) is 0 Å². The van der Waals surface area contributed by atoms with Gasteiger partial charge in [-0.1, -0.05) is 11.2 Å². The smallest absolute Gasteiger partial charge is 0.177 e. The zero-order valence-corrected chi connectivity index (χ0v) is 10.9. The number of aromatic nitrogens is 1. The molecule has 1 aliphatic heterocycles. The number of thiophene rings is 1. The number of nitrogens with zero attached hydrogens (tertiary/aromatic N) is 2. The van der Waals surface area contributed by atoms with Gasteiger partial charge in [0.1, 0.15) is 0 Å². The molecule has 3 rings (SSSR count). The minimum atomic E-state index is 0.232. The van der Waals surface area contributed by atoms with Crippen molar-refractivity contribution in [3.63, 3.8) is 0 Å². The molecule has 0 amide bonds. The van der Waals surface area contributed by atoms with Gasteiger partial charge in [-0.15, -0.1) is 11.3 Å². The van der Waals surface area contributed by atoms with E-state index in [1.807, 2.05) is 23.6 Å². The van der Waals surface area contributed by atoms with Gasteiger partial charge in [-0.3, -0.25) is 4.90 Å². The van der Waals surface area contributed by atoms with Crippen molar-refractivity contribution in [1.29, 1.82) is 0 Å². The molecule has 96 valence electrons. The summed E-state index contributed by atoms with van der Waals surface area (Å²) < 4.78 is 5.36. The number of hydrogen-bond acceptors (Lipinski definition) is 5. The van der Waals surface area contributed by atoms with Crippen LogP contribution in [0.4, 0.5) is 0 Å². The number of hydrogen-bond donors (Lipinski definition) is 1. The molecular weight excluding hydrogens is 248 g/mol. The Morgan fingerprint density at radius 2 is 2.50 bits per heavy atom. The van der Waals surface area contributed by atoms with Crippen LogP contribution in [0.25, 0.3) is 10.6 Å². The third-order valence-corrected chi connectivity index (χ3v) is 4.28. The maximum atomic E-state index is 9.29. The molecule has 0 saturated carbocycles. The lowest BCUT2D eigenvalue weighted by atomic mass is 10.2. The number of rotatable bonds is 4. The average Bonchev–Trinajstić information content (AvgIpc) is 3.10. The molecule has 1 atom stereocenters. The molecule has 1 saturated heterocycles. The topological polar surface area (TPSA) is 49.5 Å². The van der Waals surface area contributed by atoms with Crippen LogP contribution in [-0.2, 0) is 6.54 Å². The summed E-state index contributed by atoms with van der Waals surface area (Å²) in [6.07, 6.45) is 2.23. The minimum absolute atomic E-state index is 0.232. The Balaban J connectivity index is 1.70. The maximum absolute atomic E-state index is 9.29. The average molecular weight is 264 g/mol. The molecule has 5 heteroatoms. The van der Waals surface area contributed by atoms with E-state index in [-0.39, 0.29) is 12.6 Å². The van der Waals surface area contributed by atoms with Crippen molar-refractivity contribution < 1.29 is 9.63 Å². The molecule has 0 spiro atoms. The lowest BCUT2D eigenvalue weighted by Gasteiger charge is -2.20. The molecule has 1 fully saturated rings.